The Hall–Kier alpha value is -3.28. The van der Waals surface area contributed by atoms with E-state index < -0.39 is 5.97 Å². The van der Waals surface area contributed by atoms with E-state index in [0.29, 0.717) is 27.9 Å². The number of carbonyl (C=O) groups is 2. The quantitative estimate of drug-likeness (QED) is 0.310. The predicted molar refractivity (Wildman–Crippen MR) is 135 cm³/mol. The number of halogens is 2. The first-order valence-corrected chi connectivity index (χ1v) is 11.5. The molecule has 1 amide bonds. The van der Waals surface area contributed by atoms with Gasteiger partial charge in [0.1, 0.15) is 0 Å². The lowest BCUT2D eigenvalue weighted by Gasteiger charge is -2.17. The van der Waals surface area contributed by atoms with Crippen molar-refractivity contribution >= 4 is 41.2 Å². The van der Waals surface area contributed by atoms with Gasteiger partial charge in [0.05, 0.1) is 34.8 Å². The van der Waals surface area contributed by atoms with Gasteiger partial charge >= 0.3 is 5.97 Å². The fraction of sp³-hybridized carbons (Fsp3) is 0.185. The Balaban J connectivity index is 1.79. The van der Waals surface area contributed by atoms with Gasteiger partial charge in [0.25, 0.3) is 5.91 Å². The van der Waals surface area contributed by atoms with E-state index >= 15 is 0 Å². The Morgan fingerprint density at radius 3 is 2.35 bits per heavy atom. The third-order valence-corrected chi connectivity index (χ3v) is 6.76. The number of allylic oxidation sites excluding steroid dienone is 1. The maximum absolute atomic E-state index is 13.5. The Morgan fingerprint density at radius 1 is 1.00 bits per heavy atom. The largest absolute Gasteiger partial charge is 0.465 e. The first-order valence-electron chi connectivity index (χ1n) is 10.7. The molecular weight excluding hydrogens is 471 g/mol. The van der Waals surface area contributed by atoms with Crippen LogP contribution in [-0.4, -0.2) is 28.5 Å². The van der Waals surface area contributed by atoms with Gasteiger partial charge in [0.2, 0.25) is 0 Å². The van der Waals surface area contributed by atoms with E-state index in [1.807, 2.05) is 60.9 Å². The number of hydrogen-bond donors (Lipinski definition) is 0. The monoisotopic (exact) mass is 494 g/mol. The fourth-order valence-corrected chi connectivity index (χ4v) is 4.59. The lowest BCUT2D eigenvalue weighted by atomic mass is 10.0. The van der Waals surface area contributed by atoms with Gasteiger partial charge in [-0.3, -0.25) is 4.79 Å². The molecule has 0 atom stereocenters. The second kappa shape index (κ2) is 9.53. The SMILES string of the molecule is COC(=O)C1=C(C)N(Cc2ccccc2)C(=O)/C1=C/c1cc(C)n(-c2ccc(Cl)c(Cl)c2)c1C. The van der Waals surface area contributed by atoms with Crippen LogP contribution in [0.2, 0.25) is 10.0 Å². The van der Waals surface area contributed by atoms with Crippen LogP contribution in [-0.2, 0) is 20.9 Å². The normalized spacial score (nSPS) is 14.9. The number of ether oxygens (including phenoxy) is 1. The van der Waals surface area contributed by atoms with Crippen molar-refractivity contribution in [3.63, 3.8) is 0 Å². The van der Waals surface area contributed by atoms with E-state index in [4.69, 9.17) is 27.9 Å². The second-order valence-corrected chi connectivity index (χ2v) is 8.96. The highest BCUT2D eigenvalue weighted by Crippen LogP contribution is 2.34. The zero-order chi connectivity index (χ0) is 24.6. The van der Waals surface area contributed by atoms with Crippen molar-refractivity contribution in [1.29, 1.82) is 0 Å². The molecule has 4 rings (SSSR count). The van der Waals surface area contributed by atoms with Crippen molar-refractivity contribution in [3.8, 4) is 5.69 Å². The molecule has 2 aromatic carbocycles. The van der Waals surface area contributed by atoms with Crippen LogP contribution in [0.15, 0.2) is 71.4 Å². The number of methoxy groups -OCH3 is 1. The maximum atomic E-state index is 13.5. The summed E-state index contributed by atoms with van der Waals surface area (Å²) in [7, 11) is 1.32. The highest BCUT2D eigenvalue weighted by molar-refractivity contribution is 6.42. The Labute approximate surface area is 208 Å². The number of rotatable bonds is 5. The first-order chi connectivity index (χ1) is 16.2. The lowest BCUT2D eigenvalue weighted by molar-refractivity contribution is -0.136. The zero-order valence-electron chi connectivity index (χ0n) is 19.4. The van der Waals surface area contributed by atoms with E-state index in [2.05, 4.69) is 0 Å². The minimum absolute atomic E-state index is 0.235. The van der Waals surface area contributed by atoms with Crippen molar-refractivity contribution in [2.75, 3.05) is 7.11 Å². The molecule has 2 heterocycles. The van der Waals surface area contributed by atoms with Gasteiger partial charge in [0.15, 0.2) is 0 Å². The van der Waals surface area contributed by atoms with Crippen molar-refractivity contribution in [2.45, 2.75) is 27.3 Å². The third-order valence-electron chi connectivity index (χ3n) is 6.02. The second-order valence-electron chi connectivity index (χ2n) is 8.15. The number of aryl methyl sites for hydroxylation is 1. The van der Waals surface area contributed by atoms with Crippen LogP contribution in [0.5, 0.6) is 0 Å². The highest BCUT2D eigenvalue weighted by atomic mass is 35.5. The molecule has 0 spiro atoms. The van der Waals surface area contributed by atoms with Gasteiger partial charge < -0.3 is 14.2 Å². The molecule has 0 N–H and O–H groups in total. The van der Waals surface area contributed by atoms with E-state index in [1.54, 1.807) is 30.0 Å². The molecule has 3 aromatic rings. The summed E-state index contributed by atoms with van der Waals surface area (Å²) in [5.74, 6) is -0.771. The van der Waals surface area contributed by atoms with Crippen LogP contribution in [0.1, 0.15) is 29.4 Å². The minimum Gasteiger partial charge on any atom is -0.465 e. The Morgan fingerprint density at radius 2 is 1.71 bits per heavy atom. The molecule has 0 aliphatic carbocycles. The van der Waals surface area contributed by atoms with Crippen molar-refractivity contribution in [2.24, 2.45) is 0 Å². The van der Waals surface area contributed by atoms with Crippen LogP contribution in [0.4, 0.5) is 0 Å². The maximum Gasteiger partial charge on any atom is 0.340 e. The minimum atomic E-state index is -0.536. The molecule has 0 fully saturated rings. The van der Waals surface area contributed by atoms with Crippen molar-refractivity contribution in [1.82, 2.24) is 9.47 Å². The van der Waals surface area contributed by atoms with Gasteiger partial charge in [-0.05, 0) is 62.2 Å². The predicted octanol–water partition coefficient (Wildman–Crippen LogP) is 6.27. The lowest BCUT2D eigenvalue weighted by Crippen LogP contribution is -2.24. The van der Waals surface area contributed by atoms with Gasteiger partial charge in [-0.25, -0.2) is 4.79 Å². The van der Waals surface area contributed by atoms with Gasteiger partial charge in [-0.15, -0.1) is 0 Å². The van der Waals surface area contributed by atoms with Gasteiger partial charge in [-0.2, -0.15) is 0 Å². The van der Waals surface area contributed by atoms with Crippen LogP contribution >= 0.6 is 23.2 Å². The smallest absolute Gasteiger partial charge is 0.340 e. The first kappa shape index (κ1) is 23.9. The van der Waals surface area contributed by atoms with Crippen LogP contribution in [0.25, 0.3) is 11.8 Å². The molecule has 0 saturated carbocycles. The molecule has 1 aliphatic rings. The molecule has 0 unspecified atom stereocenters. The number of nitrogens with zero attached hydrogens (tertiary/aromatic N) is 2. The number of aromatic nitrogens is 1. The fourth-order valence-electron chi connectivity index (χ4n) is 4.30. The summed E-state index contributed by atoms with van der Waals surface area (Å²) < 4.78 is 7.06. The zero-order valence-corrected chi connectivity index (χ0v) is 20.9. The standard InChI is InChI=1S/C27H24Cl2N2O3/c1-16-12-20(17(2)31(16)21-10-11-23(28)24(29)14-21)13-22-25(27(33)34-4)18(3)30(26(22)32)15-19-8-6-5-7-9-19/h5-14H,15H2,1-4H3/b22-13+. The molecule has 5 nitrogen and oxygen atoms in total. The topological polar surface area (TPSA) is 51.5 Å². The highest BCUT2D eigenvalue weighted by Gasteiger charge is 2.37. The summed E-state index contributed by atoms with van der Waals surface area (Å²) in [6, 6.07) is 17.1. The summed E-state index contributed by atoms with van der Waals surface area (Å²) in [6.45, 7) is 6.06. The number of amides is 1. The molecule has 0 bridgehead atoms. The molecule has 7 heteroatoms. The van der Waals surface area contributed by atoms with Crippen LogP contribution in [0.3, 0.4) is 0 Å². The number of benzene rings is 2. The van der Waals surface area contributed by atoms with Gasteiger partial charge in [0, 0.05) is 22.8 Å². The van der Waals surface area contributed by atoms with E-state index in [1.165, 1.54) is 7.11 Å². The summed E-state index contributed by atoms with van der Waals surface area (Å²) in [4.78, 5) is 27.8. The molecule has 34 heavy (non-hydrogen) atoms. The average Bonchev–Trinajstić information content (AvgIpc) is 3.23. The van der Waals surface area contributed by atoms with E-state index in [-0.39, 0.29) is 11.5 Å². The van der Waals surface area contributed by atoms with Crippen LogP contribution < -0.4 is 0 Å². The Kier molecular flexibility index (Phi) is 6.69. The molecular formula is C27H24Cl2N2O3. The molecule has 1 aromatic heterocycles. The summed E-state index contributed by atoms with van der Waals surface area (Å²) >= 11 is 12.3. The van der Waals surface area contributed by atoms with Crippen molar-refractivity contribution in [3.05, 3.63) is 104 Å². The third kappa shape index (κ3) is 4.29. The molecule has 1 aliphatic heterocycles. The average molecular weight is 495 g/mol. The van der Waals surface area contributed by atoms with Gasteiger partial charge in [-0.1, -0.05) is 53.5 Å². The summed E-state index contributed by atoms with van der Waals surface area (Å²) in [6.07, 6.45) is 1.76. The van der Waals surface area contributed by atoms with Crippen molar-refractivity contribution < 1.29 is 14.3 Å². The molecule has 0 saturated heterocycles. The van der Waals surface area contributed by atoms with E-state index in [9.17, 15) is 9.59 Å². The molecule has 174 valence electrons. The summed E-state index contributed by atoms with van der Waals surface area (Å²) in [5, 5.41) is 0.939. The molecule has 0 radical (unpaired) electrons. The summed E-state index contributed by atoms with van der Waals surface area (Å²) in [5.41, 5.74) is 5.68. The van der Waals surface area contributed by atoms with E-state index in [0.717, 1.165) is 28.2 Å². The number of hydrogen-bond acceptors (Lipinski definition) is 3. The van der Waals surface area contributed by atoms with Crippen LogP contribution in [0, 0.1) is 13.8 Å². The Bertz CT molecular complexity index is 1350. The number of esters is 1. The number of carbonyl (C=O) groups excluding carboxylic acids is 2.